The summed E-state index contributed by atoms with van der Waals surface area (Å²) >= 11 is 0. The minimum Gasteiger partial charge on any atom is -0.374 e. The van der Waals surface area contributed by atoms with Crippen LogP contribution in [0.4, 0.5) is 0 Å². The Bertz CT molecular complexity index is 177. The average Bonchev–Trinajstić information content (AvgIpc) is 2.28. The van der Waals surface area contributed by atoms with Gasteiger partial charge in [-0.25, -0.2) is 0 Å². The highest BCUT2D eigenvalue weighted by molar-refractivity contribution is 4.75. The van der Waals surface area contributed by atoms with Crippen molar-refractivity contribution in [3.8, 4) is 0 Å². The highest BCUT2D eigenvalue weighted by Gasteiger charge is 2.21. The van der Waals surface area contributed by atoms with Crippen LogP contribution in [-0.2, 0) is 4.74 Å². The lowest BCUT2D eigenvalue weighted by atomic mass is 10.2. The molecule has 1 saturated heterocycles. The zero-order valence-electron chi connectivity index (χ0n) is 10.3. The van der Waals surface area contributed by atoms with Gasteiger partial charge in [-0.15, -0.1) is 0 Å². The smallest absolute Gasteiger partial charge is 0.0829 e. The molecule has 1 fully saturated rings. The summed E-state index contributed by atoms with van der Waals surface area (Å²) in [4.78, 5) is 4.72. The summed E-state index contributed by atoms with van der Waals surface area (Å²) in [6.45, 7) is 10.2. The minimum atomic E-state index is 0.345. The highest BCUT2D eigenvalue weighted by atomic mass is 16.5. The van der Waals surface area contributed by atoms with E-state index in [0.29, 0.717) is 18.7 Å². The van der Waals surface area contributed by atoms with Crippen LogP contribution >= 0.6 is 0 Å². The monoisotopic (exact) mass is 215 g/mol. The summed E-state index contributed by atoms with van der Waals surface area (Å²) in [6, 6.07) is 0.436. The third-order valence-electron chi connectivity index (χ3n) is 3.26. The van der Waals surface area contributed by atoms with E-state index in [2.05, 4.69) is 30.7 Å². The first-order chi connectivity index (χ1) is 7.17. The fraction of sp³-hybridized carbons (Fsp3) is 1.00. The molecule has 2 unspecified atom stereocenters. The predicted octanol–water partition coefficient (Wildman–Crippen LogP) is -0.0139. The molecule has 4 nitrogen and oxygen atoms in total. The van der Waals surface area contributed by atoms with Crippen LogP contribution < -0.4 is 5.73 Å². The Morgan fingerprint density at radius 2 is 2.33 bits per heavy atom. The van der Waals surface area contributed by atoms with E-state index in [1.807, 2.05) is 0 Å². The van der Waals surface area contributed by atoms with Gasteiger partial charge in [0, 0.05) is 32.2 Å². The van der Waals surface area contributed by atoms with Crippen molar-refractivity contribution < 1.29 is 4.74 Å². The van der Waals surface area contributed by atoms with Gasteiger partial charge in [0.15, 0.2) is 0 Å². The van der Waals surface area contributed by atoms with Crippen molar-refractivity contribution in [3.05, 3.63) is 0 Å². The van der Waals surface area contributed by atoms with Crippen molar-refractivity contribution in [2.75, 3.05) is 46.4 Å². The number of hydrogen-bond donors (Lipinski definition) is 1. The maximum absolute atomic E-state index is 5.75. The Balaban J connectivity index is 2.31. The second kappa shape index (κ2) is 6.43. The maximum Gasteiger partial charge on any atom is 0.0829 e. The van der Waals surface area contributed by atoms with Crippen LogP contribution in [0.1, 0.15) is 13.8 Å². The predicted molar refractivity (Wildman–Crippen MR) is 63.0 cm³/mol. The van der Waals surface area contributed by atoms with Crippen molar-refractivity contribution in [1.82, 2.24) is 9.80 Å². The van der Waals surface area contributed by atoms with Gasteiger partial charge in [-0.3, -0.25) is 9.80 Å². The Labute approximate surface area is 93.4 Å². The molecule has 0 aromatic heterocycles. The van der Waals surface area contributed by atoms with Gasteiger partial charge in [0.1, 0.15) is 0 Å². The quantitative estimate of drug-likeness (QED) is 0.700. The third-order valence-corrected chi connectivity index (χ3v) is 3.26. The summed E-state index contributed by atoms with van der Waals surface area (Å²) in [5.74, 6) is 0. The van der Waals surface area contributed by atoms with Crippen molar-refractivity contribution in [2.24, 2.45) is 5.73 Å². The Hall–Kier alpha value is -0.160. The molecule has 0 spiro atoms. The van der Waals surface area contributed by atoms with E-state index >= 15 is 0 Å². The normalized spacial score (nSPS) is 25.8. The van der Waals surface area contributed by atoms with Gasteiger partial charge in [-0.1, -0.05) is 6.92 Å². The van der Waals surface area contributed by atoms with Gasteiger partial charge in [0.25, 0.3) is 0 Å². The van der Waals surface area contributed by atoms with Crippen LogP contribution in [0.15, 0.2) is 0 Å². The molecule has 1 aliphatic rings. The van der Waals surface area contributed by atoms with Gasteiger partial charge in [0.05, 0.1) is 12.7 Å². The van der Waals surface area contributed by atoms with Crippen LogP contribution in [0, 0.1) is 0 Å². The molecule has 0 radical (unpaired) electrons. The molecule has 1 rings (SSSR count). The fourth-order valence-electron chi connectivity index (χ4n) is 1.86. The number of ether oxygens (including phenoxy) is 1. The minimum absolute atomic E-state index is 0.345. The van der Waals surface area contributed by atoms with Gasteiger partial charge in [0.2, 0.25) is 0 Å². The number of rotatable bonds is 5. The molecule has 1 heterocycles. The molecular formula is C11H25N3O. The van der Waals surface area contributed by atoms with E-state index in [4.69, 9.17) is 10.5 Å². The van der Waals surface area contributed by atoms with Crippen molar-refractivity contribution in [2.45, 2.75) is 26.0 Å². The summed E-state index contributed by atoms with van der Waals surface area (Å²) in [5, 5.41) is 0. The second-order valence-corrected chi connectivity index (χ2v) is 4.41. The van der Waals surface area contributed by atoms with E-state index in [1.165, 1.54) is 0 Å². The average molecular weight is 215 g/mol. The molecule has 0 aliphatic carbocycles. The Kier molecular flexibility index (Phi) is 5.53. The van der Waals surface area contributed by atoms with Gasteiger partial charge in [-0.05, 0) is 20.5 Å². The molecule has 0 bridgehead atoms. The first-order valence-electron chi connectivity index (χ1n) is 5.91. The molecule has 2 atom stereocenters. The number of nitrogens with two attached hydrogens (primary N) is 1. The topological polar surface area (TPSA) is 41.7 Å². The zero-order chi connectivity index (χ0) is 11.3. The molecule has 2 N–H and O–H groups in total. The van der Waals surface area contributed by atoms with Crippen LogP contribution in [-0.4, -0.2) is 68.3 Å². The van der Waals surface area contributed by atoms with Crippen LogP contribution in [0.25, 0.3) is 0 Å². The van der Waals surface area contributed by atoms with Crippen LogP contribution in [0.3, 0.4) is 0 Å². The van der Waals surface area contributed by atoms with E-state index < -0.39 is 0 Å². The Morgan fingerprint density at radius 3 is 2.93 bits per heavy atom. The lowest BCUT2D eigenvalue weighted by Crippen LogP contribution is -2.49. The van der Waals surface area contributed by atoms with Gasteiger partial charge in [-0.2, -0.15) is 0 Å². The molecule has 0 aromatic rings. The fourth-order valence-corrected chi connectivity index (χ4v) is 1.86. The zero-order valence-corrected chi connectivity index (χ0v) is 10.3. The molecular weight excluding hydrogens is 190 g/mol. The van der Waals surface area contributed by atoms with Crippen molar-refractivity contribution >= 4 is 0 Å². The van der Waals surface area contributed by atoms with Gasteiger partial charge >= 0.3 is 0 Å². The van der Waals surface area contributed by atoms with Crippen molar-refractivity contribution in [1.29, 1.82) is 0 Å². The van der Waals surface area contributed by atoms with E-state index in [9.17, 15) is 0 Å². The van der Waals surface area contributed by atoms with E-state index in [1.54, 1.807) is 0 Å². The van der Waals surface area contributed by atoms with Gasteiger partial charge < -0.3 is 10.5 Å². The standard InChI is InChI=1S/C11H25N3O/c1-4-14-5-6-15-11(9-14)8-13(3)10(2)7-12/h10-11H,4-9,12H2,1-3H3. The number of hydrogen-bond acceptors (Lipinski definition) is 4. The molecule has 0 amide bonds. The number of morpholine rings is 1. The largest absolute Gasteiger partial charge is 0.374 e. The Morgan fingerprint density at radius 1 is 1.60 bits per heavy atom. The highest BCUT2D eigenvalue weighted by Crippen LogP contribution is 2.07. The molecule has 0 aromatic carbocycles. The van der Waals surface area contributed by atoms with E-state index in [-0.39, 0.29) is 0 Å². The molecule has 1 aliphatic heterocycles. The first kappa shape index (κ1) is 12.9. The molecule has 0 saturated carbocycles. The third kappa shape index (κ3) is 4.07. The maximum atomic E-state index is 5.75. The summed E-state index contributed by atoms with van der Waals surface area (Å²) in [6.07, 6.45) is 0.345. The summed E-state index contributed by atoms with van der Waals surface area (Å²) in [7, 11) is 2.12. The van der Waals surface area contributed by atoms with Crippen LogP contribution in [0.5, 0.6) is 0 Å². The lowest BCUT2D eigenvalue weighted by Gasteiger charge is -2.35. The number of nitrogens with zero attached hydrogens (tertiary/aromatic N) is 2. The molecule has 90 valence electrons. The SMILES string of the molecule is CCN1CCOC(CN(C)C(C)CN)C1. The lowest BCUT2D eigenvalue weighted by molar-refractivity contribution is -0.0422. The molecule has 4 heteroatoms. The summed E-state index contributed by atoms with van der Waals surface area (Å²) in [5.41, 5.74) is 5.64. The first-order valence-corrected chi connectivity index (χ1v) is 5.91. The van der Waals surface area contributed by atoms with E-state index in [0.717, 1.165) is 32.8 Å². The summed E-state index contributed by atoms with van der Waals surface area (Å²) < 4.78 is 5.75. The van der Waals surface area contributed by atoms with Crippen molar-refractivity contribution in [3.63, 3.8) is 0 Å². The molecule has 15 heavy (non-hydrogen) atoms. The number of likely N-dealkylation sites (N-methyl/N-ethyl adjacent to an activating group) is 2. The second-order valence-electron chi connectivity index (χ2n) is 4.41. The van der Waals surface area contributed by atoms with Crippen LogP contribution in [0.2, 0.25) is 0 Å².